The third-order valence-corrected chi connectivity index (χ3v) is 4.52. The molecule has 110 valence electrons. The predicted octanol–water partition coefficient (Wildman–Crippen LogP) is 1.59. The molecule has 3 rings (SSSR count). The largest absolute Gasteiger partial charge is 0.353 e. The van der Waals surface area contributed by atoms with E-state index < -0.39 is 0 Å². The molecule has 0 unspecified atom stereocenters. The molecule has 0 aromatic carbocycles. The molecule has 1 aliphatic heterocycles. The molecule has 2 aromatic heterocycles. The Balaban J connectivity index is 1.69. The number of hydrogen-bond donors (Lipinski definition) is 0. The van der Waals surface area contributed by atoms with Gasteiger partial charge in [0.2, 0.25) is 0 Å². The Morgan fingerprint density at radius 2 is 2.19 bits per heavy atom. The van der Waals surface area contributed by atoms with Gasteiger partial charge in [-0.05, 0) is 25.5 Å². The van der Waals surface area contributed by atoms with Crippen molar-refractivity contribution < 1.29 is 4.79 Å². The fourth-order valence-electron chi connectivity index (χ4n) is 2.46. The van der Waals surface area contributed by atoms with Crippen LogP contribution in [0.1, 0.15) is 21.8 Å². The summed E-state index contributed by atoms with van der Waals surface area (Å²) in [5.74, 6) is 0.969. The van der Waals surface area contributed by atoms with Crippen molar-refractivity contribution in [1.82, 2.24) is 20.1 Å². The van der Waals surface area contributed by atoms with Crippen LogP contribution in [0, 0.1) is 6.92 Å². The minimum Gasteiger partial charge on any atom is -0.353 e. The fourth-order valence-corrected chi connectivity index (χ4v) is 3.23. The Morgan fingerprint density at radius 1 is 1.29 bits per heavy atom. The van der Waals surface area contributed by atoms with Gasteiger partial charge < -0.3 is 9.80 Å². The Bertz CT molecular complexity index is 615. The van der Waals surface area contributed by atoms with Gasteiger partial charge in [0.05, 0.1) is 11.2 Å². The van der Waals surface area contributed by atoms with Crippen LogP contribution in [0.5, 0.6) is 0 Å². The number of anilines is 1. The van der Waals surface area contributed by atoms with Crippen LogP contribution in [-0.2, 0) is 0 Å². The third kappa shape index (κ3) is 3.02. The van der Waals surface area contributed by atoms with E-state index in [0.717, 1.165) is 42.4 Å². The van der Waals surface area contributed by atoms with E-state index in [1.807, 2.05) is 24.0 Å². The highest BCUT2D eigenvalue weighted by Crippen LogP contribution is 2.18. The Kier molecular flexibility index (Phi) is 4.10. The van der Waals surface area contributed by atoms with Crippen molar-refractivity contribution >= 4 is 23.1 Å². The quantitative estimate of drug-likeness (QED) is 0.843. The number of nitrogens with zero attached hydrogens (tertiary/aromatic N) is 5. The van der Waals surface area contributed by atoms with Crippen LogP contribution in [0.4, 0.5) is 5.82 Å². The SMILES string of the molecule is Cc1ncsc1C(=O)N1CCCN(c2cccnn2)CC1. The van der Waals surface area contributed by atoms with Crippen molar-refractivity contribution in [1.29, 1.82) is 0 Å². The van der Waals surface area contributed by atoms with E-state index in [-0.39, 0.29) is 5.91 Å². The second-order valence-corrected chi connectivity index (χ2v) is 5.84. The number of aryl methyl sites for hydroxylation is 1. The zero-order valence-electron chi connectivity index (χ0n) is 11.9. The predicted molar refractivity (Wildman–Crippen MR) is 81.6 cm³/mol. The molecule has 0 radical (unpaired) electrons. The molecule has 1 fully saturated rings. The van der Waals surface area contributed by atoms with E-state index in [1.54, 1.807) is 11.7 Å². The van der Waals surface area contributed by atoms with Gasteiger partial charge in [0.25, 0.3) is 5.91 Å². The molecular weight excluding hydrogens is 286 g/mol. The first kappa shape index (κ1) is 13.9. The molecule has 1 aliphatic rings. The topological polar surface area (TPSA) is 62.2 Å². The smallest absolute Gasteiger partial charge is 0.265 e. The van der Waals surface area contributed by atoms with Crippen molar-refractivity contribution in [3.8, 4) is 0 Å². The summed E-state index contributed by atoms with van der Waals surface area (Å²) in [5.41, 5.74) is 2.55. The Labute approximate surface area is 127 Å². The summed E-state index contributed by atoms with van der Waals surface area (Å²) in [6.45, 7) is 5.03. The molecule has 0 saturated carbocycles. The molecule has 0 atom stereocenters. The summed E-state index contributed by atoms with van der Waals surface area (Å²) in [4.78, 5) is 21.5. The first-order valence-electron chi connectivity index (χ1n) is 6.98. The molecule has 1 amide bonds. The van der Waals surface area contributed by atoms with Gasteiger partial charge in [-0.1, -0.05) is 0 Å². The molecule has 7 heteroatoms. The monoisotopic (exact) mass is 303 g/mol. The van der Waals surface area contributed by atoms with Crippen molar-refractivity contribution in [2.45, 2.75) is 13.3 Å². The van der Waals surface area contributed by atoms with Crippen LogP contribution < -0.4 is 4.90 Å². The second-order valence-electron chi connectivity index (χ2n) is 4.98. The number of amides is 1. The molecule has 0 bridgehead atoms. The van der Waals surface area contributed by atoms with E-state index in [0.29, 0.717) is 6.54 Å². The second kappa shape index (κ2) is 6.17. The summed E-state index contributed by atoms with van der Waals surface area (Å²) in [6, 6.07) is 3.84. The van der Waals surface area contributed by atoms with E-state index in [2.05, 4.69) is 20.1 Å². The molecule has 0 aliphatic carbocycles. The minimum absolute atomic E-state index is 0.0935. The summed E-state index contributed by atoms with van der Waals surface area (Å²) in [6.07, 6.45) is 2.60. The molecule has 21 heavy (non-hydrogen) atoms. The molecule has 1 saturated heterocycles. The van der Waals surface area contributed by atoms with Gasteiger partial charge >= 0.3 is 0 Å². The van der Waals surface area contributed by atoms with Gasteiger partial charge in [0.1, 0.15) is 4.88 Å². The molecule has 3 heterocycles. The third-order valence-electron chi connectivity index (χ3n) is 3.61. The van der Waals surface area contributed by atoms with Crippen LogP contribution in [-0.4, -0.2) is 52.2 Å². The van der Waals surface area contributed by atoms with Gasteiger partial charge in [-0.15, -0.1) is 16.4 Å². The van der Waals surface area contributed by atoms with Crippen LogP contribution in [0.25, 0.3) is 0 Å². The Morgan fingerprint density at radius 3 is 2.90 bits per heavy atom. The number of thiazole rings is 1. The first-order valence-corrected chi connectivity index (χ1v) is 7.85. The van der Waals surface area contributed by atoms with Gasteiger partial charge in [-0.3, -0.25) is 4.79 Å². The lowest BCUT2D eigenvalue weighted by Gasteiger charge is -2.22. The lowest BCUT2D eigenvalue weighted by molar-refractivity contribution is 0.0771. The standard InChI is InChI=1S/C14H17N5OS/c1-11-13(21-10-15-11)14(20)19-7-3-6-18(8-9-19)12-4-2-5-16-17-12/h2,4-5,10H,3,6-9H2,1H3. The average molecular weight is 303 g/mol. The molecule has 2 aromatic rings. The lowest BCUT2D eigenvalue weighted by atomic mass is 10.3. The van der Waals surface area contributed by atoms with Crippen molar-refractivity contribution in [2.24, 2.45) is 0 Å². The highest BCUT2D eigenvalue weighted by Gasteiger charge is 2.23. The number of aromatic nitrogens is 3. The van der Waals surface area contributed by atoms with E-state index in [1.165, 1.54) is 11.3 Å². The van der Waals surface area contributed by atoms with E-state index in [9.17, 15) is 4.79 Å². The van der Waals surface area contributed by atoms with Gasteiger partial charge in [0.15, 0.2) is 5.82 Å². The number of carbonyl (C=O) groups is 1. The van der Waals surface area contributed by atoms with E-state index >= 15 is 0 Å². The van der Waals surface area contributed by atoms with Crippen LogP contribution in [0.3, 0.4) is 0 Å². The summed E-state index contributed by atoms with van der Waals surface area (Å²) < 4.78 is 0. The molecule has 6 nitrogen and oxygen atoms in total. The highest BCUT2D eigenvalue weighted by atomic mass is 32.1. The number of hydrogen-bond acceptors (Lipinski definition) is 6. The maximum Gasteiger partial charge on any atom is 0.265 e. The van der Waals surface area contributed by atoms with Crippen molar-refractivity contribution in [3.63, 3.8) is 0 Å². The van der Waals surface area contributed by atoms with Crippen LogP contribution in [0.2, 0.25) is 0 Å². The van der Waals surface area contributed by atoms with Crippen LogP contribution in [0.15, 0.2) is 23.8 Å². The average Bonchev–Trinajstić information content (AvgIpc) is 2.80. The summed E-state index contributed by atoms with van der Waals surface area (Å²) in [5, 5.41) is 8.06. The highest BCUT2D eigenvalue weighted by molar-refractivity contribution is 7.11. The van der Waals surface area contributed by atoms with Crippen LogP contribution >= 0.6 is 11.3 Å². The lowest BCUT2D eigenvalue weighted by Crippen LogP contribution is -2.35. The maximum atomic E-state index is 12.5. The van der Waals surface area contributed by atoms with Gasteiger partial charge in [-0.2, -0.15) is 5.10 Å². The zero-order chi connectivity index (χ0) is 14.7. The first-order chi connectivity index (χ1) is 10.3. The maximum absolute atomic E-state index is 12.5. The minimum atomic E-state index is 0.0935. The Hall–Kier alpha value is -2.02. The summed E-state index contributed by atoms with van der Waals surface area (Å²) in [7, 11) is 0. The summed E-state index contributed by atoms with van der Waals surface area (Å²) >= 11 is 1.42. The molecule has 0 spiro atoms. The zero-order valence-corrected chi connectivity index (χ0v) is 12.7. The molecular formula is C14H17N5OS. The number of rotatable bonds is 2. The van der Waals surface area contributed by atoms with Crippen molar-refractivity contribution in [2.75, 3.05) is 31.1 Å². The number of carbonyl (C=O) groups excluding carboxylic acids is 1. The van der Waals surface area contributed by atoms with Crippen molar-refractivity contribution in [3.05, 3.63) is 34.4 Å². The van der Waals surface area contributed by atoms with Gasteiger partial charge in [-0.25, -0.2) is 4.98 Å². The van der Waals surface area contributed by atoms with E-state index in [4.69, 9.17) is 0 Å². The molecule has 0 N–H and O–H groups in total. The normalized spacial score (nSPS) is 15.9. The fraction of sp³-hybridized carbons (Fsp3) is 0.429. The van der Waals surface area contributed by atoms with Gasteiger partial charge in [0, 0.05) is 32.4 Å².